The molecule has 1 saturated heterocycles. The molecule has 1 atom stereocenters. The Hall–Kier alpha value is -3.03. The Labute approximate surface area is 199 Å². The minimum Gasteiger partial charge on any atom is -0.507 e. The molecule has 0 spiro atoms. The van der Waals surface area contributed by atoms with Crippen molar-refractivity contribution >= 4 is 34.7 Å². The second-order valence-corrected chi connectivity index (χ2v) is 8.68. The summed E-state index contributed by atoms with van der Waals surface area (Å²) in [4.78, 5) is 29.6. The Morgan fingerprint density at radius 3 is 2.39 bits per heavy atom. The van der Waals surface area contributed by atoms with Gasteiger partial charge in [-0.15, -0.1) is 0 Å². The zero-order valence-corrected chi connectivity index (χ0v) is 20.2. The standard InChI is InChI=1S/C25H29ClN2O5/c1-15(2)33-13-12-28-22(16-6-9-18(10-7-16)27(3)4)21(24(30)25(28)31)23(29)19-14-17(26)8-11-20(19)32-5/h6-11,14-15,22,29H,12-13H2,1-5H3/b23-21+. The van der Waals surface area contributed by atoms with E-state index < -0.39 is 17.7 Å². The molecule has 1 fully saturated rings. The van der Waals surface area contributed by atoms with Crippen molar-refractivity contribution in [1.82, 2.24) is 4.90 Å². The number of carbonyl (C=O) groups is 2. The van der Waals surface area contributed by atoms with Gasteiger partial charge in [0.05, 0.1) is 37.0 Å². The van der Waals surface area contributed by atoms with Crippen LogP contribution >= 0.6 is 11.6 Å². The maximum Gasteiger partial charge on any atom is 0.295 e. The van der Waals surface area contributed by atoms with E-state index in [-0.39, 0.29) is 36.2 Å². The van der Waals surface area contributed by atoms with Gasteiger partial charge < -0.3 is 24.4 Å². The SMILES string of the molecule is COc1ccc(Cl)cc1/C(O)=C1\C(=O)C(=O)N(CCOC(C)C)C1c1ccc(N(C)C)cc1. The van der Waals surface area contributed by atoms with E-state index in [1.165, 1.54) is 18.1 Å². The first-order valence-corrected chi connectivity index (χ1v) is 11.0. The van der Waals surface area contributed by atoms with Crippen LogP contribution in [0.25, 0.3) is 5.76 Å². The lowest BCUT2D eigenvalue weighted by atomic mass is 9.94. The van der Waals surface area contributed by atoms with Crippen LogP contribution in [0, 0.1) is 0 Å². The van der Waals surface area contributed by atoms with Gasteiger partial charge in [-0.25, -0.2) is 0 Å². The maximum absolute atomic E-state index is 13.1. The number of likely N-dealkylation sites (tertiary alicyclic amines) is 1. The third-order valence-corrected chi connectivity index (χ3v) is 5.70. The van der Waals surface area contributed by atoms with Gasteiger partial charge in [0.2, 0.25) is 0 Å². The number of methoxy groups -OCH3 is 1. The molecule has 0 aromatic heterocycles. The summed E-state index contributed by atoms with van der Waals surface area (Å²) >= 11 is 6.14. The minimum atomic E-state index is -0.777. The smallest absolute Gasteiger partial charge is 0.295 e. The average Bonchev–Trinajstić information content (AvgIpc) is 3.03. The zero-order valence-electron chi connectivity index (χ0n) is 19.5. The van der Waals surface area contributed by atoms with Crippen molar-refractivity contribution in [2.45, 2.75) is 26.0 Å². The summed E-state index contributed by atoms with van der Waals surface area (Å²) in [7, 11) is 5.31. The number of aliphatic hydroxyl groups excluding tert-OH is 1. The predicted octanol–water partition coefficient (Wildman–Crippen LogP) is 4.26. The molecule has 7 nitrogen and oxygen atoms in total. The van der Waals surface area contributed by atoms with Crippen molar-refractivity contribution in [3.05, 3.63) is 64.2 Å². The van der Waals surface area contributed by atoms with E-state index in [9.17, 15) is 14.7 Å². The van der Waals surface area contributed by atoms with Crippen LogP contribution in [0.4, 0.5) is 5.69 Å². The zero-order chi connectivity index (χ0) is 24.3. The van der Waals surface area contributed by atoms with Gasteiger partial charge in [0.1, 0.15) is 11.5 Å². The van der Waals surface area contributed by atoms with Gasteiger partial charge in [0.25, 0.3) is 11.7 Å². The highest BCUT2D eigenvalue weighted by atomic mass is 35.5. The second kappa shape index (κ2) is 10.3. The number of benzene rings is 2. The summed E-state index contributed by atoms with van der Waals surface area (Å²) < 4.78 is 11.0. The summed E-state index contributed by atoms with van der Waals surface area (Å²) in [6.07, 6.45) is -0.0182. The van der Waals surface area contributed by atoms with Crippen LogP contribution in [0.15, 0.2) is 48.0 Å². The van der Waals surface area contributed by atoms with E-state index in [2.05, 4.69) is 0 Å². The topological polar surface area (TPSA) is 79.3 Å². The first kappa shape index (κ1) is 24.6. The van der Waals surface area contributed by atoms with Gasteiger partial charge in [-0.3, -0.25) is 9.59 Å². The van der Waals surface area contributed by atoms with Crippen molar-refractivity contribution in [3.8, 4) is 5.75 Å². The fourth-order valence-electron chi connectivity index (χ4n) is 3.81. The highest BCUT2D eigenvalue weighted by Crippen LogP contribution is 2.41. The Balaban J connectivity index is 2.15. The van der Waals surface area contributed by atoms with Gasteiger partial charge in [-0.05, 0) is 49.7 Å². The van der Waals surface area contributed by atoms with Crippen molar-refractivity contribution in [2.24, 2.45) is 0 Å². The van der Waals surface area contributed by atoms with Gasteiger partial charge in [-0.2, -0.15) is 0 Å². The normalized spacial score (nSPS) is 17.7. The monoisotopic (exact) mass is 472 g/mol. The minimum absolute atomic E-state index is 0.0114. The molecule has 0 bridgehead atoms. The van der Waals surface area contributed by atoms with Gasteiger partial charge >= 0.3 is 0 Å². The quantitative estimate of drug-likeness (QED) is 0.351. The molecule has 176 valence electrons. The largest absolute Gasteiger partial charge is 0.507 e. The third kappa shape index (κ3) is 5.15. The number of hydrogen-bond acceptors (Lipinski definition) is 6. The molecule has 0 saturated carbocycles. The molecule has 1 heterocycles. The number of Topliss-reactive ketones (excluding diaryl/α,β-unsaturated/α-hetero) is 1. The molecule has 2 aromatic rings. The molecule has 1 amide bonds. The first-order valence-electron chi connectivity index (χ1n) is 10.7. The lowest BCUT2D eigenvalue weighted by Crippen LogP contribution is -2.33. The van der Waals surface area contributed by atoms with E-state index in [4.69, 9.17) is 21.1 Å². The number of nitrogens with zero attached hydrogens (tertiary/aromatic N) is 2. The van der Waals surface area contributed by atoms with E-state index >= 15 is 0 Å². The summed E-state index contributed by atoms with van der Waals surface area (Å²) in [5.74, 6) is -1.44. The fraction of sp³-hybridized carbons (Fsp3) is 0.360. The molecular formula is C25H29ClN2O5. The number of anilines is 1. The summed E-state index contributed by atoms with van der Waals surface area (Å²) in [5.41, 5.74) is 1.90. The highest BCUT2D eigenvalue weighted by Gasteiger charge is 2.46. The van der Waals surface area contributed by atoms with Crippen LogP contribution in [0.1, 0.15) is 31.0 Å². The number of carbonyl (C=O) groups excluding carboxylic acids is 2. The highest BCUT2D eigenvalue weighted by molar-refractivity contribution is 6.46. The van der Waals surface area contributed by atoms with Gasteiger partial charge in [0, 0.05) is 31.4 Å². The number of hydrogen-bond donors (Lipinski definition) is 1. The van der Waals surface area contributed by atoms with Crippen LogP contribution in [0.5, 0.6) is 5.75 Å². The summed E-state index contributed by atoms with van der Waals surface area (Å²) in [6, 6.07) is 11.5. The molecule has 0 aliphatic carbocycles. The Bertz CT molecular complexity index is 1060. The Morgan fingerprint density at radius 1 is 1.15 bits per heavy atom. The lowest BCUT2D eigenvalue weighted by molar-refractivity contribution is -0.140. The van der Waals surface area contributed by atoms with Gasteiger partial charge in [0.15, 0.2) is 0 Å². The predicted molar refractivity (Wildman–Crippen MR) is 129 cm³/mol. The number of rotatable bonds is 8. The number of ether oxygens (including phenoxy) is 2. The first-order chi connectivity index (χ1) is 15.6. The molecule has 1 unspecified atom stereocenters. The fourth-order valence-corrected chi connectivity index (χ4v) is 3.98. The van der Waals surface area contributed by atoms with Crippen molar-refractivity contribution in [3.63, 3.8) is 0 Å². The molecule has 3 rings (SSSR count). The second-order valence-electron chi connectivity index (χ2n) is 8.24. The number of aliphatic hydroxyl groups is 1. The Morgan fingerprint density at radius 2 is 1.82 bits per heavy atom. The molecule has 1 aliphatic heterocycles. The molecule has 33 heavy (non-hydrogen) atoms. The molecule has 8 heteroatoms. The van der Waals surface area contributed by atoms with E-state index in [0.717, 1.165) is 5.69 Å². The van der Waals surface area contributed by atoms with Crippen molar-refractivity contribution in [1.29, 1.82) is 0 Å². The third-order valence-electron chi connectivity index (χ3n) is 5.47. The molecule has 2 aromatic carbocycles. The van der Waals surface area contributed by atoms with Crippen LogP contribution in [-0.4, -0.2) is 62.2 Å². The van der Waals surface area contributed by atoms with Crippen LogP contribution in [-0.2, 0) is 14.3 Å². The average molecular weight is 473 g/mol. The summed E-state index contributed by atoms with van der Waals surface area (Å²) in [6.45, 7) is 4.26. The summed E-state index contributed by atoms with van der Waals surface area (Å²) in [5, 5.41) is 11.6. The molecule has 0 radical (unpaired) electrons. The van der Waals surface area contributed by atoms with E-state index in [1.54, 1.807) is 12.1 Å². The van der Waals surface area contributed by atoms with Crippen LogP contribution < -0.4 is 9.64 Å². The van der Waals surface area contributed by atoms with Crippen molar-refractivity contribution in [2.75, 3.05) is 39.3 Å². The van der Waals surface area contributed by atoms with Crippen molar-refractivity contribution < 1.29 is 24.2 Å². The molecule has 1 N–H and O–H groups in total. The molecular weight excluding hydrogens is 444 g/mol. The Kier molecular flexibility index (Phi) is 7.66. The number of ketones is 1. The van der Waals surface area contributed by atoms with E-state index in [0.29, 0.717) is 16.3 Å². The maximum atomic E-state index is 13.1. The number of halogens is 1. The van der Waals surface area contributed by atoms with Crippen LogP contribution in [0.3, 0.4) is 0 Å². The van der Waals surface area contributed by atoms with Crippen LogP contribution in [0.2, 0.25) is 5.02 Å². The molecule has 1 aliphatic rings. The lowest BCUT2D eigenvalue weighted by Gasteiger charge is -2.26. The van der Waals surface area contributed by atoms with Gasteiger partial charge in [-0.1, -0.05) is 23.7 Å². The number of amides is 1. The van der Waals surface area contributed by atoms with E-state index in [1.807, 2.05) is 57.1 Å².